The molecule has 2 rings (SSSR count). The summed E-state index contributed by atoms with van der Waals surface area (Å²) in [5.74, 6) is -1.75. The van der Waals surface area contributed by atoms with E-state index in [-0.39, 0.29) is 5.69 Å². The summed E-state index contributed by atoms with van der Waals surface area (Å²) in [6.07, 6.45) is 1.42. The monoisotopic (exact) mass is 289 g/mol. The van der Waals surface area contributed by atoms with Crippen LogP contribution in [0.3, 0.4) is 0 Å². The molecule has 0 saturated heterocycles. The van der Waals surface area contributed by atoms with Gasteiger partial charge in [0.05, 0.1) is 12.7 Å². The van der Waals surface area contributed by atoms with Crippen LogP contribution in [0.5, 0.6) is 0 Å². The molecule has 1 amide bonds. The molecule has 4 N–H and O–H groups in total. The topological polar surface area (TPSA) is 123 Å². The number of hydrogen-bond donors (Lipinski definition) is 3. The van der Waals surface area contributed by atoms with Crippen LogP contribution in [0.15, 0.2) is 36.5 Å². The molecule has 0 aliphatic rings. The molecule has 0 bridgehead atoms. The Hall–Kier alpha value is -2.74. The predicted octanol–water partition coefficient (Wildman–Crippen LogP) is -0.207. The van der Waals surface area contributed by atoms with Crippen molar-refractivity contribution in [3.05, 3.63) is 47.8 Å². The highest BCUT2D eigenvalue weighted by atomic mass is 16.4. The molecule has 8 heteroatoms. The molecule has 1 heterocycles. The van der Waals surface area contributed by atoms with Crippen LogP contribution in [0.1, 0.15) is 22.1 Å². The third kappa shape index (κ3) is 3.63. The SMILES string of the molecule is NCCn1cc(C(=O)N[C@@H](C(=O)O)c2ccccc2)nn1. The number of benzene rings is 1. The van der Waals surface area contributed by atoms with Crippen molar-refractivity contribution < 1.29 is 14.7 Å². The Morgan fingerprint density at radius 3 is 2.67 bits per heavy atom. The minimum Gasteiger partial charge on any atom is -0.479 e. The van der Waals surface area contributed by atoms with E-state index in [4.69, 9.17) is 5.73 Å². The number of carbonyl (C=O) groups excluding carboxylic acids is 1. The number of amides is 1. The normalized spacial score (nSPS) is 11.9. The molecule has 1 aromatic carbocycles. The fraction of sp³-hybridized carbons (Fsp3) is 0.231. The summed E-state index contributed by atoms with van der Waals surface area (Å²) in [5, 5.41) is 19.1. The molecular formula is C13H15N5O3. The summed E-state index contributed by atoms with van der Waals surface area (Å²) in [7, 11) is 0. The smallest absolute Gasteiger partial charge is 0.330 e. The zero-order valence-corrected chi connectivity index (χ0v) is 11.1. The number of nitrogens with two attached hydrogens (primary N) is 1. The van der Waals surface area contributed by atoms with Gasteiger partial charge in [0.15, 0.2) is 11.7 Å². The number of hydrogen-bond acceptors (Lipinski definition) is 5. The maximum absolute atomic E-state index is 12.0. The van der Waals surface area contributed by atoms with Gasteiger partial charge in [-0.25, -0.2) is 4.79 Å². The number of carboxylic acids is 1. The van der Waals surface area contributed by atoms with Gasteiger partial charge in [-0.2, -0.15) is 0 Å². The van der Waals surface area contributed by atoms with Crippen LogP contribution >= 0.6 is 0 Å². The van der Waals surface area contributed by atoms with E-state index in [9.17, 15) is 14.7 Å². The Bertz CT molecular complexity index is 626. The number of rotatable bonds is 6. The summed E-state index contributed by atoms with van der Waals surface area (Å²) in [6, 6.07) is 7.29. The summed E-state index contributed by atoms with van der Waals surface area (Å²) in [5.41, 5.74) is 5.90. The van der Waals surface area contributed by atoms with Gasteiger partial charge in [0, 0.05) is 6.54 Å². The fourth-order valence-electron chi connectivity index (χ4n) is 1.78. The predicted molar refractivity (Wildman–Crippen MR) is 73.4 cm³/mol. The van der Waals surface area contributed by atoms with Gasteiger partial charge in [-0.15, -0.1) is 5.10 Å². The lowest BCUT2D eigenvalue weighted by molar-refractivity contribution is -0.139. The van der Waals surface area contributed by atoms with Crippen molar-refractivity contribution >= 4 is 11.9 Å². The van der Waals surface area contributed by atoms with Crippen molar-refractivity contribution in [2.45, 2.75) is 12.6 Å². The number of aromatic nitrogens is 3. The minimum absolute atomic E-state index is 0.0469. The molecule has 0 fully saturated rings. The first-order valence-electron chi connectivity index (χ1n) is 6.30. The van der Waals surface area contributed by atoms with Crippen LogP contribution in [0.25, 0.3) is 0 Å². The van der Waals surface area contributed by atoms with E-state index in [0.717, 1.165) is 0 Å². The van der Waals surface area contributed by atoms with Gasteiger partial charge in [0.25, 0.3) is 5.91 Å². The zero-order valence-electron chi connectivity index (χ0n) is 11.1. The summed E-state index contributed by atoms with van der Waals surface area (Å²) in [4.78, 5) is 23.3. The molecule has 0 aliphatic heterocycles. The van der Waals surface area contributed by atoms with Gasteiger partial charge < -0.3 is 16.2 Å². The molecule has 1 atom stereocenters. The molecule has 0 unspecified atom stereocenters. The Balaban J connectivity index is 2.13. The first-order chi connectivity index (χ1) is 10.1. The number of aliphatic carboxylic acids is 1. The lowest BCUT2D eigenvalue weighted by Crippen LogP contribution is -2.34. The number of nitrogens with zero attached hydrogens (tertiary/aromatic N) is 3. The first-order valence-corrected chi connectivity index (χ1v) is 6.30. The highest BCUT2D eigenvalue weighted by molar-refractivity contribution is 5.94. The third-order valence-corrected chi connectivity index (χ3v) is 2.78. The number of carbonyl (C=O) groups is 2. The zero-order chi connectivity index (χ0) is 15.2. The Labute approximate surface area is 120 Å². The largest absolute Gasteiger partial charge is 0.479 e. The van der Waals surface area contributed by atoms with Crippen molar-refractivity contribution in [1.29, 1.82) is 0 Å². The number of carboxylic acid groups (broad SMARTS) is 1. The maximum atomic E-state index is 12.0. The van der Waals surface area contributed by atoms with Gasteiger partial charge in [-0.05, 0) is 5.56 Å². The Morgan fingerprint density at radius 2 is 2.05 bits per heavy atom. The van der Waals surface area contributed by atoms with Crippen LogP contribution in [0.4, 0.5) is 0 Å². The van der Waals surface area contributed by atoms with Crippen molar-refractivity contribution in [1.82, 2.24) is 20.3 Å². The standard InChI is InChI=1S/C13H15N5O3/c14-6-7-18-8-10(16-17-18)12(19)15-11(13(20)21)9-4-2-1-3-5-9/h1-5,8,11H,6-7,14H2,(H,15,19)(H,20,21)/t11-/m1/s1. The summed E-state index contributed by atoms with van der Waals surface area (Å²) < 4.78 is 1.42. The summed E-state index contributed by atoms with van der Waals surface area (Å²) >= 11 is 0. The van der Waals surface area contributed by atoms with Gasteiger partial charge in [-0.1, -0.05) is 35.5 Å². The van der Waals surface area contributed by atoms with Gasteiger partial charge in [0.1, 0.15) is 0 Å². The van der Waals surface area contributed by atoms with Gasteiger partial charge >= 0.3 is 5.97 Å². The van der Waals surface area contributed by atoms with E-state index in [1.54, 1.807) is 30.3 Å². The van der Waals surface area contributed by atoms with Crippen molar-refractivity contribution in [2.75, 3.05) is 6.54 Å². The van der Waals surface area contributed by atoms with Crippen LogP contribution in [0, 0.1) is 0 Å². The minimum atomic E-state index is -1.15. The average molecular weight is 289 g/mol. The molecule has 0 spiro atoms. The molecule has 0 radical (unpaired) electrons. The molecule has 110 valence electrons. The van der Waals surface area contributed by atoms with E-state index >= 15 is 0 Å². The van der Waals surface area contributed by atoms with Crippen molar-refractivity contribution in [3.8, 4) is 0 Å². The lowest BCUT2D eigenvalue weighted by atomic mass is 10.1. The lowest BCUT2D eigenvalue weighted by Gasteiger charge is -2.13. The average Bonchev–Trinajstić information content (AvgIpc) is 2.94. The quantitative estimate of drug-likeness (QED) is 0.676. The molecule has 2 aromatic rings. The number of nitrogens with one attached hydrogen (secondary N) is 1. The summed E-state index contributed by atoms with van der Waals surface area (Å²) in [6.45, 7) is 0.799. The molecule has 0 aliphatic carbocycles. The third-order valence-electron chi connectivity index (χ3n) is 2.78. The highest BCUT2D eigenvalue weighted by Gasteiger charge is 2.23. The second-order valence-corrected chi connectivity index (χ2v) is 4.31. The highest BCUT2D eigenvalue weighted by Crippen LogP contribution is 2.13. The van der Waals surface area contributed by atoms with Gasteiger partial charge in [0.2, 0.25) is 0 Å². The van der Waals surface area contributed by atoms with Crippen LogP contribution in [-0.4, -0.2) is 38.5 Å². The van der Waals surface area contributed by atoms with E-state index in [2.05, 4.69) is 15.6 Å². The molecular weight excluding hydrogens is 274 g/mol. The Kier molecular flexibility index (Phi) is 4.62. The molecule has 0 saturated carbocycles. The van der Waals surface area contributed by atoms with Crippen LogP contribution in [0.2, 0.25) is 0 Å². The second-order valence-electron chi connectivity index (χ2n) is 4.31. The van der Waals surface area contributed by atoms with Crippen molar-refractivity contribution in [3.63, 3.8) is 0 Å². The first kappa shape index (κ1) is 14.7. The van der Waals surface area contributed by atoms with E-state index in [1.807, 2.05) is 0 Å². The van der Waals surface area contributed by atoms with E-state index in [1.165, 1.54) is 10.9 Å². The van der Waals surface area contributed by atoms with E-state index in [0.29, 0.717) is 18.7 Å². The van der Waals surface area contributed by atoms with Gasteiger partial charge in [-0.3, -0.25) is 9.48 Å². The molecule has 1 aromatic heterocycles. The van der Waals surface area contributed by atoms with Crippen molar-refractivity contribution in [2.24, 2.45) is 5.73 Å². The molecule has 8 nitrogen and oxygen atoms in total. The van der Waals surface area contributed by atoms with Crippen LogP contribution in [-0.2, 0) is 11.3 Å². The van der Waals surface area contributed by atoms with E-state index < -0.39 is 17.9 Å². The fourth-order valence-corrected chi connectivity index (χ4v) is 1.78. The maximum Gasteiger partial charge on any atom is 0.330 e. The Morgan fingerprint density at radius 1 is 1.33 bits per heavy atom. The second kappa shape index (κ2) is 6.62. The van der Waals surface area contributed by atoms with Crippen LogP contribution < -0.4 is 11.1 Å². The molecule has 21 heavy (non-hydrogen) atoms.